The monoisotopic (exact) mass is 321 g/mol. The van der Waals surface area contributed by atoms with Crippen molar-refractivity contribution < 1.29 is 4.52 Å². The largest absolute Gasteiger partial charge is 0.338 e. The molecule has 1 fully saturated rings. The lowest BCUT2D eigenvalue weighted by Crippen LogP contribution is -2.28. The molecule has 4 nitrogen and oxygen atoms in total. The van der Waals surface area contributed by atoms with E-state index in [1.165, 1.54) is 0 Å². The minimum absolute atomic E-state index is 0.0145. The first-order valence-corrected chi connectivity index (χ1v) is 7.34. The van der Waals surface area contributed by atoms with Crippen LogP contribution in [0.25, 0.3) is 11.4 Å². The fraction of sp³-hybridized carbons (Fsp3) is 0.429. The predicted molar refractivity (Wildman–Crippen MR) is 76.9 cm³/mol. The first-order valence-electron chi connectivity index (χ1n) is 6.54. The van der Waals surface area contributed by atoms with Crippen LogP contribution in [-0.2, 0) is 5.41 Å². The van der Waals surface area contributed by atoms with E-state index >= 15 is 0 Å². The molecule has 0 amide bonds. The molecule has 1 aliphatic rings. The molecule has 5 heteroatoms. The Kier molecular flexibility index (Phi) is 3.41. The van der Waals surface area contributed by atoms with Gasteiger partial charge in [-0.3, -0.25) is 0 Å². The second-order valence-electron chi connectivity index (χ2n) is 4.99. The zero-order chi connectivity index (χ0) is 13.3. The van der Waals surface area contributed by atoms with E-state index in [1.807, 2.05) is 24.3 Å². The number of aromatic nitrogens is 2. The van der Waals surface area contributed by atoms with Gasteiger partial charge in [0.1, 0.15) is 0 Å². The quantitative estimate of drug-likeness (QED) is 0.943. The van der Waals surface area contributed by atoms with Crippen molar-refractivity contribution in [1.29, 1.82) is 0 Å². The van der Waals surface area contributed by atoms with Crippen molar-refractivity contribution in [1.82, 2.24) is 15.5 Å². The van der Waals surface area contributed by atoms with Crippen LogP contribution in [-0.4, -0.2) is 23.2 Å². The maximum absolute atomic E-state index is 5.51. The van der Waals surface area contributed by atoms with Crippen molar-refractivity contribution in [3.05, 3.63) is 34.6 Å². The van der Waals surface area contributed by atoms with Crippen LogP contribution in [0.1, 0.15) is 25.7 Å². The van der Waals surface area contributed by atoms with Crippen LogP contribution in [0.4, 0.5) is 0 Å². The highest BCUT2D eigenvalue weighted by molar-refractivity contribution is 9.10. The molecule has 1 unspecified atom stereocenters. The van der Waals surface area contributed by atoms with Crippen LogP contribution in [0.2, 0.25) is 0 Å². The average molecular weight is 322 g/mol. The molecule has 1 N–H and O–H groups in total. The summed E-state index contributed by atoms with van der Waals surface area (Å²) in [5, 5.41) is 7.51. The zero-order valence-electron chi connectivity index (χ0n) is 10.8. The number of benzene rings is 1. The van der Waals surface area contributed by atoms with Gasteiger partial charge in [-0.05, 0) is 43.7 Å². The minimum Gasteiger partial charge on any atom is -0.338 e. The summed E-state index contributed by atoms with van der Waals surface area (Å²) in [4.78, 5) is 4.60. The van der Waals surface area contributed by atoms with E-state index in [2.05, 4.69) is 38.3 Å². The molecule has 0 spiro atoms. The van der Waals surface area contributed by atoms with Crippen LogP contribution in [0.15, 0.2) is 33.3 Å². The van der Waals surface area contributed by atoms with Crippen LogP contribution >= 0.6 is 15.9 Å². The van der Waals surface area contributed by atoms with Crippen molar-refractivity contribution in [2.24, 2.45) is 0 Å². The van der Waals surface area contributed by atoms with E-state index in [4.69, 9.17) is 4.52 Å². The standard InChI is InChI=1S/C14H16BrN3O/c1-2-14(7-8-16-9-14)13-17-12(18-19-13)10-3-5-11(15)6-4-10/h3-6,16H,2,7-9H2,1H3. The van der Waals surface area contributed by atoms with Gasteiger partial charge in [0.25, 0.3) is 0 Å². The van der Waals surface area contributed by atoms with Crippen molar-refractivity contribution in [3.8, 4) is 11.4 Å². The number of halogens is 1. The number of nitrogens with zero attached hydrogens (tertiary/aromatic N) is 2. The van der Waals surface area contributed by atoms with Gasteiger partial charge in [0, 0.05) is 16.6 Å². The van der Waals surface area contributed by atoms with Gasteiger partial charge in [-0.1, -0.05) is 28.0 Å². The summed E-state index contributed by atoms with van der Waals surface area (Å²) >= 11 is 3.42. The second kappa shape index (κ2) is 5.06. The molecule has 2 aromatic rings. The molecule has 1 saturated heterocycles. The summed E-state index contributed by atoms with van der Waals surface area (Å²) in [6.45, 7) is 4.12. The lowest BCUT2D eigenvalue weighted by Gasteiger charge is -2.20. The molecule has 1 atom stereocenters. The van der Waals surface area contributed by atoms with Crippen LogP contribution in [0.3, 0.4) is 0 Å². The first kappa shape index (κ1) is 12.8. The SMILES string of the molecule is CCC1(c2nc(-c3ccc(Br)cc3)no2)CCNC1. The van der Waals surface area contributed by atoms with Gasteiger partial charge < -0.3 is 9.84 Å². The Hall–Kier alpha value is -1.20. The Morgan fingerprint density at radius 3 is 2.79 bits per heavy atom. The Labute approximate surface area is 120 Å². The van der Waals surface area contributed by atoms with E-state index in [0.717, 1.165) is 41.9 Å². The summed E-state index contributed by atoms with van der Waals surface area (Å²) in [5.74, 6) is 1.43. The van der Waals surface area contributed by atoms with Crippen LogP contribution in [0.5, 0.6) is 0 Å². The van der Waals surface area contributed by atoms with E-state index < -0.39 is 0 Å². The summed E-state index contributed by atoms with van der Waals surface area (Å²) in [6, 6.07) is 7.95. The van der Waals surface area contributed by atoms with Crippen molar-refractivity contribution >= 4 is 15.9 Å². The normalized spacial score (nSPS) is 22.8. The third kappa shape index (κ3) is 2.32. The van der Waals surface area contributed by atoms with Crippen LogP contribution < -0.4 is 5.32 Å². The van der Waals surface area contributed by atoms with Gasteiger partial charge in [-0.15, -0.1) is 0 Å². The molecule has 1 aliphatic heterocycles. The molecule has 0 aliphatic carbocycles. The molecule has 0 saturated carbocycles. The highest BCUT2D eigenvalue weighted by Crippen LogP contribution is 2.34. The van der Waals surface area contributed by atoms with Gasteiger partial charge in [0.15, 0.2) is 0 Å². The topological polar surface area (TPSA) is 51.0 Å². The number of hydrogen-bond acceptors (Lipinski definition) is 4. The van der Waals surface area contributed by atoms with E-state index in [9.17, 15) is 0 Å². The minimum atomic E-state index is 0.0145. The number of nitrogens with one attached hydrogen (secondary N) is 1. The zero-order valence-corrected chi connectivity index (χ0v) is 12.4. The molecular formula is C14H16BrN3O. The van der Waals surface area contributed by atoms with Crippen LogP contribution in [0, 0.1) is 0 Å². The summed E-state index contributed by atoms with van der Waals surface area (Å²) in [6.07, 6.45) is 2.08. The molecule has 0 radical (unpaired) electrons. The fourth-order valence-corrected chi connectivity index (χ4v) is 2.80. The Morgan fingerprint density at radius 1 is 1.37 bits per heavy atom. The lowest BCUT2D eigenvalue weighted by molar-refractivity contribution is 0.285. The molecule has 1 aromatic carbocycles. The summed E-state index contributed by atoms with van der Waals surface area (Å²) in [7, 11) is 0. The predicted octanol–water partition coefficient (Wildman–Crippen LogP) is 3.14. The first-order chi connectivity index (χ1) is 9.23. The molecular weight excluding hydrogens is 306 g/mol. The maximum atomic E-state index is 5.51. The molecule has 100 valence electrons. The van der Waals surface area contributed by atoms with Gasteiger partial charge in [0.05, 0.1) is 5.41 Å². The highest BCUT2D eigenvalue weighted by atomic mass is 79.9. The molecule has 2 heterocycles. The number of rotatable bonds is 3. The van der Waals surface area contributed by atoms with Gasteiger partial charge in [0.2, 0.25) is 11.7 Å². The molecule has 0 bridgehead atoms. The van der Waals surface area contributed by atoms with E-state index in [-0.39, 0.29) is 5.41 Å². The molecule has 3 rings (SSSR count). The average Bonchev–Trinajstić information content (AvgIpc) is 3.09. The summed E-state index contributed by atoms with van der Waals surface area (Å²) < 4.78 is 6.56. The van der Waals surface area contributed by atoms with Gasteiger partial charge >= 0.3 is 0 Å². The smallest absolute Gasteiger partial charge is 0.234 e. The Morgan fingerprint density at radius 2 is 2.16 bits per heavy atom. The molecule has 1 aromatic heterocycles. The second-order valence-corrected chi connectivity index (χ2v) is 5.91. The lowest BCUT2D eigenvalue weighted by atomic mass is 9.84. The Balaban J connectivity index is 1.92. The van der Waals surface area contributed by atoms with Crippen molar-refractivity contribution in [3.63, 3.8) is 0 Å². The fourth-order valence-electron chi connectivity index (χ4n) is 2.53. The molecule has 19 heavy (non-hydrogen) atoms. The number of hydrogen-bond donors (Lipinski definition) is 1. The van der Waals surface area contributed by atoms with Gasteiger partial charge in [-0.25, -0.2) is 0 Å². The maximum Gasteiger partial charge on any atom is 0.234 e. The Bertz CT molecular complexity index is 558. The van der Waals surface area contributed by atoms with E-state index in [0.29, 0.717) is 5.82 Å². The highest BCUT2D eigenvalue weighted by Gasteiger charge is 2.39. The van der Waals surface area contributed by atoms with E-state index in [1.54, 1.807) is 0 Å². The third-order valence-electron chi connectivity index (χ3n) is 3.90. The third-order valence-corrected chi connectivity index (χ3v) is 4.43. The van der Waals surface area contributed by atoms with Gasteiger partial charge in [-0.2, -0.15) is 4.98 Å². The summed E-state index contributed by atoms with van der Waals surface area (Å²) in [5.41, 5.74) is 0.996. The van der Waals surface area contributed by atoms with Crippen molar-refractivity contribution in [2.75, 3.05) is 13.1 Å². The van der Waals surface area contributed by atoms with Crippen molar-refractivity contribution in [2.45, 2.75) is 25.2 Å².